The van der Waals surface area contributed by atoms with Gasteiger partial charge in [-0.2, -0.15) is 0 Å². The summed E-state index contributed by atoms with van der Waals surface area (Å²) in [5, 5.41) is 12.7. The van der Waals surface area contributed by atoms with Crippen molar-refractivity contribution in [1.29, 1.82) is 0 Å². The summed E-state index contributed by atoms with van der Waals surface area (Å²) in [5.41, 5.74) is 0. The molecule has 0 saturated heterocycles. The van der Waals surface area contributed by atoms with Crippen molar-refractivity contribution < 1.29 is 18.0 Å². The van der Waals surface area contributed by atoms with Crippen LogP contribution in [0.2, 0.25) is 0 Å². The zero-order valence-electron chi connectivity index (χ0n) is 10.7. The van der Waals surface area contributed by atoms with E-state index in [0.29, 0.717) is 11.0 Å². The molecule has 16 heavy (non-hydrogen) atoms. The molecule has 0 aliphatic rings. The van der Waals surface area contributed by atoms with Crippen molar-refractivity contribution in [3.05, 3.63) is 0 Å². The van der Waals surface area contributed by atoms with Gasteiger partial charge in [0.05, 0.1) is 26.4 Å². The molecule has 0 aromatic heterocycles. The van der Waals surface area contributed by atoms with Crippen LogP contribution < -0.4 is 5.32 Å². The van der Waals surface area contributed by atoms with Gasteiger partial charge >= 0.3 is 0 Å². The van der Waals surface area contributed by atoms with E-state index >= 15 is 0 Å². The maximum absolute atomic E-state index is 11.0. The topological polar surface area (TPSA) is 66.4 Å². The van der Waals surface area contributed by atoms with Crippen molar-refractivity contribution in [2.45, 2.75) is 12.5 Å². The van der Waals surface area contributed by atoms with E-state index in [1.54, 1.807) is 0 Å². The highest BCUT2D eigenvalue weighted by Gasteiger charge is 2.22. The summed E-state index contributed by atoms with van der Waals surface area (Å²) in [6.45, 7) is 2.32. The fraction of sp³-hybridized carbons (Fsp3) is 1.00. The molecule has 5 nitrogen and oxygen atoms in total. The Morgan fingerprint density at radius 1 is 1.38 bits per heavy atom. The Morgan fingerprint density at radius 2 is 1.94 bits per heavy atom. The molecule has 1 atom stereocenters. The first-order chi connectivity index (χ1) is 7.16. The zero-order valence-corrected chi connectivity index (χ0v) is 11.5. The molecule has 0 spiro atoms. The number of aliphatic hydroxyl groups excluding tert-OH is 1. The van der Waals surface area contributed by atoms with Crippen LogP contribution in [0, 0.1) is 0 Å². The molecule has 0 bridgehead atoms. The Labute approximate surface area is 99.0 Å². The largest absolute Gasteiger partial charge is 0.386 e. The molecule has 0 aromatic rings. The first kappa shape index (κ1) is 15.8. The Kier molecular flexibility index (Phi) is 6.47. The van der Waals surface area contributed by atoms with Gasteiger partial charge in [0.1, 0.15) is 22.5 Å². The van der Waals surface area contributed by atoms with E-state index in [2.05, 4.69) is 5.32 Å². The van der Waals surface area contributed by atoms with Crippen LogP contribution in [0.25, 0.3) is 0 Å². The van der Waals surface area contributed by atoms with Gasteiger partial charge in [-0.05, 0) is 7.05 Å². The second-order valence-electron chi connectivity index (χ2n) is 5.05. The van der Waals surface area contributed by atoms with Crippen LogP contribution in [0.4, 0.5) is 0 Å². The highest BCUT2D eigenvalue weighted by Crippen LogP contribution is 2.03. The third kappa shape index (κ3) is 9.08. The standard InChI is InChI=1S/C10H25N2O3S/c1-11-6-5-7-12(2,3)8-10(13)9-16(4,14)15/h10-11,13H,5-9H2,1-4H3/q+1. The fourth-order valence-corrected chi connectivity index (χ4v) is 2.55. The van der Waals surface area contributed by atoms with Crippen LogP contribution in [0.1, 0.15) is 6.42 Å². The van der Waals surface area contributed by atoms with E-state index in [0.717, 1.165) is 25.8 Å². The Balaban J connectivity index is 4.04. The number of aliphatic hydroxyl groups is 1. The summed E-state index contributed by atoms with van der Waals surface area (Å²) in [7, 11) is 2.81. The second-order valence-corrected chi connectivity index (χ2v) is 7.23. The van der Waals surface area contributed by atoms with Crippen LogP contribution in [0.5, 0.6) is 0 Å². The summed E-state index contributed by atoms with van der Waals surface area (Å²) in [6.07, 6.45) is 1.38. The summed E-state index contributed by atoms with van der Waals surface area (Å²) < 4.78 is 22.7. The third-order valence-electron chi connectivity index (χ3n) is 2.39. The molecule has 0 saturated carbocycles. The molecule has 0 rings (SSSR count). The number of sulfone groups is 1. The minimum atomic E-state index is -3.09. The van der Waals surface area contributed by atoms with E-state index < -0.39 is 15.9 Å². The van der Waals surface area contributed by atoms with Crippen LogP contribution >= 0.6 is 0 Å². The van der Waals surface area contributed by atoms with Gasteiger partial charge in [-0.15, -0.1) is 0 Å². The molecule has 0 aliphatic carbocycles. The zero-order chi connectivity index (χ0) is 12.8. The number of quaternary nitrogens is 1. The fourth-order valence-electron chi connectivity index (χ4n) is 1.75. The molecule has 2 N–H and O–H groups in total. The maximum Gasteiger partial charge on any atom is 0.150 e. The van der Waals surface area contributed by atoms with E-state index in [-0.39, 0.29) is 5.75 Å². The van der Waals surface area contributed by atoms with E-state index in [4.69, 9.17) is 0 Å². The predicted octanol–water partition coefficient (Wildman–Crippen LogP) is -0.922. The molecular weight excluding hydrogens is 228 g/mol. The summed E-state index contributed by atoms with van der Waals surface area (Å²) in [4.78, 5) is 0. The molecule has 6 heteroatoms. The quantitative estimate of drug-likeness (QED) is 0.434. The monoisotopic (exact) mass is 253 g/mol. The number of likely N-dealkylation sites (N-methyl/N-ethyl adjacent to an activating group) is 1. The SMILES string of the molecule is CNCCC[N+](C)(C)CC(O)CS(C)(=O)=O. The van der Waals surface area contributed by atoms with Gasteiger partial charge in [-0.3, -0.25) is 0 Å². The molecule has 98 valence electrons. The molecule has 0 radical (unpaired) electrons. The first-order valence-electron chi connectivity index (χ1n) is 5.49. The van der Waals surface area contributed by atoms with E-state index in [9.17, 15) is 13.5 Å². The van der Waals surface area contributed by atoms with Gasteiger partial charge in [-0.25, -0.2) is 8.42 Å². The summed E-state index contributed by atoms with van der Waals surface area (Å²) >= 11 is 0. The molecule has 0 aromatic carbocycles. The molecule has 1 unspecified atom stereocenters. The lowest BCUT2D eigenvalue weighted by Crippen LogP contribution is -2.48. The highest BCUT2D eigenvalue weighted by molar-refractivity contribution is 7.90. The lowest BCUT2D eigenvalue weighted by Gasteiger charge is -2.31. The average Bonchev–Trinajstić information content (AvgIpc) is 1.98. The molecule has 0 fully saturated rings. The summed E-state index contributed by atoms with van der Waals surface area (Å²) in [6, 6.07) is 0. The van der Waals surface area contributed by atoms with Gasteiger partial charge in [0.25, 0.3) is 0 Å². The van der Waals surface area contributed by atoms with Crippen molar-refractivity contribution in [1.82, 2.24) is 5.32 Å². The minimum Gasteiger partial charge on any atom is -0.386 e. The smallest absolute Gasteiger partial charge is 0.150 e. The number of nitrogens with zero attached hydrogens (tertiary/aromatic N) is 1. The van der Waals surface area contributed by atoms with Gasteiger partial charge in [0, 0.05) is 19.2 Å². The van der Waals surface area contributed by atoms with Gasteiger partial charge in [0.15, 0.2) is 0 Å². The first-order valence-corrected chi connectivity index (χ1v) is 7.55. The lowest BCUT2D eigenvalue weighted by molar-refractivity contribution is -0.893. The van der Waals surface area contributed by atoms with Crippen LogP contribution in [0.15, 0.2) is 0 Å². The Bertz CT molecular complexity index is 288. The van der Waals surface area contributed by atoms with E-state index in [1.807, 2.05) is 21.1 Å². The molecule has 0 aliphatic heterocycles. The number of hydrogen-bond donors (Lipinski definition) is 2. The average molecular weight is 253 g/mol. The van der Waals surface area contributed by atoms with Crippen molar-refractivity contribution in [3.63, 3.8) is 0 Å². The number of nitrogens with one attached hydrogen (secondary N) is 1. The van der Waals surface area contributed by atoms with Crippen LogP contribution in [-0.4, -0.2) is 76.9 Å². The van der Waals surface area contributed by atoms with Gasteiger partial charge in [0.2, 0.25) is 0 Å². The predicted molar refractivity (Wildman–Crippen MR) is 66.1 cm³/mol. The third-order valence-corrected chi connectivity index (χ3v) is 3.38. The molecular formula is C10H25N2O3S+. The van der Waals surface area contributed by atoms with Crippen molar-refractivity contribution in [3.8, 4) is 0 Å². The summed E-state index contributed by atoms with van der Waals surface area (Å²) in [5.74, 6) is -0.152. The molecule has 0 amide bonds. The van der Waals surface area contributed by atoms with Crippen LogP contribution in [0.3, 0.4) is 0 Å². The Morgan fingerprint density at radius 3 is 2.38 bits per heavy atom. The Hall–Kier alpha value is -0.170. The van der Waals surface area contributed by atoms with Gasteiger partial charge < -0.3 is 14.9 Å². The minimum absolute atomic E-state index is 0.152. The number of hydrogen-bond acceptors (Lipinski definition) is 4. The van der Waals surface area contributed by atoms with Crippen molar-refractivity contribution in [2.75, 3.05) is 52.8 Å². The van der Waals surface area contributed by atoms with E-state index in [1.165, 1.54) is 0 Å². The van der Waals surface area contributed by atoms with Gasteiger partial charge in [-0.1, -0.05) is 0 Å². The normalized spacial score (nSPS) is 15.1. The maximum atomic E-state index is 11.0. The number of rotatable bonds is 8. The van der Waals surface area contributed by atoms with Crippen molar-refractivity contribution >= 4 is 9.84 Å². The van der Waals surface area contributed by atoms with Crippen LogP contribution in [-0.2, 0) is 9.84 Å². The second kappa shape index (κ2) is 6.54. The molecule has 0 heterocycles. The lowest BCUT2D eigenvalue weighted by atomic mass is 10.3. The highest BCUT2D eigenvalue weighted by atomic mass is 32.2. The van der Waals surface area contributed by atoms with Crippen molar-refractivity contribution in [2.24, 2.45) is 0 Å².